The average Bonchev–Trinajstić information content (AvgIpc) is 3.15. The van der Waals surface area contributed by atoms with Crippen molar-refractivity contribution < 1.29 is 13.2 Å². The van der Waals surface area contributed by atoms with Crippen LogP contribution in [0, 0.1) is 5.92 Å². The molecule has 7 nitrogen and oxygen atoms in total. The Morgan fingerprint density at radius 2 is 1.92 bits per heavy atom. The molecule has 0 spiro atoms. The second-order valence-corrected chi connectivity index (χ2v) is 9.00. The fraction of sp³-hybridized carbons (Fsp3) is 0.529. The summed E-state index contributed by atoms with van der Waals surface area (Å²) in [7, 11) is -3.55. The number of nitrogens with one attached hydrogen (secondary N) is 3. The topological polar surface area (TPSA) is 90.5 Å². The van der Waals surface area contributed by atoms with Crippen LogP contribution in [0.25, 0.3) is 0 Å². The number of amides is 1. The Kier molecular flexibility index (Phi) is 7.36. The molecule has 2 rings (SSSR count). The largest absolute Gasteiger partial charge is 0.361 e. The molecule has 0 aliphatic carbocycles. The van der Waals surface area contributed by atoms with E-state index in [0.29, 0.717) is 30.7 Å². The average molecular weight is 399 g/mol. The Labute approximate surface area is 160 Å². The van der Waals surface area contributed by atoms with E-state index in [1.54, 1.807) is 12.1 Å². The van der Waals surface area contributed by atoms with E-state index in [1.165, 1.54) is 16.4 Å². The fourth-order valence-corrected chi connectivity index (χ4v) is 4.30. The molecule has 1 saturated heterocycles. The minimum Gasteiger partial charge on any atom is -0.361 e. The Hall–Kier alpha value is -1.71. The zero-order valence-corrected chi connectivity index (χ0v) is 16.8. The fourth-order valence-electron chi connectivity index (χ4n) is 2.58. The third-order valence-corrected chi connectivity index (χ3v) is 6.24. The van der Waals surface area contributed by atoms with Crippen molar-refractivity contribution in [2.45, 2.75) is 38.0 Å². The van der Waals surface area contributed by atoms with Gasteiger partial charge in [-0.15, -0.1) is 0 Å². The first kappa shape index (κ1) is 20.6. The summed E-state index contributed by atoms with van der Waals surface area (Å²) in [4.78, 5) is 12.4. The highest BCUT2D eigenvalue weighted by Gasteiger charge is 2.27. The van der Waals surface area contributed by atoms with E-state index < -0.39 is 15.9 Å². The van der Waals surface area contributed by atoms with Crippen molar-refractivity contribution in [1.82, 2.24) is 20.5 Å². The van der Waals surface area contributed by atoms with Crippen molar-refractivity contribution in [3.05, 3.63) is 29.8 Å². The first-order chi connectivity index (χ1) is 12.3. The van der Waals surface area contributed by atoms with Crippen molar-refractivity contribution in [2.75, 3.05) is 19.6 Å². The highest BCUT2D eigenvalue weighted by Crippen LogP contribution is 2.21. The normalized spacial score (nSPS) is 15.0. The number of sulfonamides is 1. The van der Waals surface area contributed by atoms with Gasteiger partial charge in [-0.25, -0.2) is 8.42 Å². The highest BCUT2D eigenvalue weighted by atomic mass is 32.2. The quantitative estimate of drug-likeness (QED) is 0.498. The molecule has 26 heavy (non-hydrogen) atoms. The molecular weight excluding hydrogens is 372 g/mol. The van der Waals surface area contributed by atoms with Crippen molar-refractivity contribution in [1.29, 1.82) is 0 Å². The van der Waals surface area contributed by atoms with Gasteiger partial charge in [-0.2, -0.15) is 4.31 Å². The number of thiocarbonyl (C=S) groups is 1. The van der Waals surface area contributed by atoms with Gasteiger partial charge in [0.05, 0.1) is 4.90 Å². The number of benzene rings is 1. The first-order valence-corrected chi connectivity index (χ1v) is 10.6. The van der Waals surface area contributed by atoms with Crippen LogP contribution in [0.1, 0.15) is 43.5 Å². The molecule has 1 aliphatic heterocycles. The Balaban J connectivity index is 1.94. The number of hydrogen-bond acceptors (Lipinski definition) is 4. The number of carbonyl (C=O) groups is 1. The van der Waals surface area contributed by atoms with Crippen LogP contribution in [-0.4, -0.2) is 43.4 Å². The number of hydrogen-bond donors (Lipinski definition) is 3. The summed E-state index contributed by atoms with van der Waals surface area (Å²) < 4.78 is 26.6. The molecule has 0 radical (unpaired) electrons. The number of carbonyl (C=O) groups excluding carboxylic acids is 1. The van der Waals surface area contributed by atoms with Crippen LogP contribution in [-0.2, 0) is 10.0 Å². The van der Waals surface area contributed by atoms with Crippen molar-refractivity contribution in [2.24, 2.45) is 5.92 Å². The molecule has 0 saturated carbocycles. The predicted octanol–water partition coefficient (Wildman–Crippen LogP) is 1.63. The standard InChI is InChI=1S/C17H26N4O3S2/c1-13(2)8-9-18-17(25)20-19-16(22)14-6-5-7-15(12-14)26(23,24)21-10-3-4-11-21/h5-7,12-13H,3-4,8-11H2,1-2H3,(H,19,22)(H2,18,20,25). The molecule has 9 heteroatoms. The molecule has 0 aromatic heterocycles. The number of rotatable bonds is 6. The van der Waals surface area contributed by atoms with Crippen molar-refractivity contribution in [3.63, 3.8) is 0 Å². The molecule has 0 unspecified atom stereocenters. The molecule has 1 amide bonds. The van der Waals surface area contributed by atoms with Crippen molar-refractivity contribution >= 4 is 33.3 Å². The Bertz CT molecular complexity index is 744. The van der Waals surface area contributed by atoms with E-state index in [0.717, 1.165) is 19.3 Å². The van der Waals surface area contributed by atoms with Gasteiger partial charge in [0.15, 0.2) is 5.11 Å². The van der Waals surface area contributed by atoms with Crippen LogP contribution in [0.15, 0.2) is 29.2 Å². The van der Waals surface area contributed by atoms with Gasteiger partial charge in [-0.3, -0.25) is 15.6 Å². The smallest absolute Gasteiger partial charge is 0.269 e. The Morgan fingerprint density at radius 3 is 2.58 bits per heavy atom. The maximum Gasteiger partial charge on any atom is 0.269 e. The van der Waals surface area contributed by atoms with Crippen LogP contribution >= 0.6 is 12.2 Å². The van der Waals surface area contributed by atoms with E-state index in [-0.39, 0.29) is 10.5 Å². The van der Waals surface area contributed by atoms with Gasteiger partial charge < -0.3 is 5.32 Å². The molecule has 0 atom stereocenters. The van der Waals surface area contributed by atoms with E-state index in [4.69, 9.17) is 12.2 Å². The first-order valence-electron chi connectivity index (χ1n) is 8.75. The van der Waals surface area contributed by atoms with Gasteiger partial charge in [0, 0.05) is 25.2 Å². The molecule has 144 valence electrons. The summed E-state index contributed by atoms with van der Waals surface area (Å²) in [5.41, 5.74) is 5.37. The van der Waals surface area contributed by atoms with Crippen LogP contribution in [0.5, 0.6) is 0 Å². The summed E-state index contributed by atoms with van der Waals surface area (Å²) in [6, 6.07) is 6.03. The lowest BCUT2D eigenvalue weighted by Crippen LogP contribution is -2.47. The van der Waals surface area contributed by atoms with Gasteiger partial charge in [0.25, 0.3) is 5.91 Å². The minimum atomic E-state index is -3.55. The van der Waals surface area contributed by atoms with Crippen LogP contribution in [0.3, 0.4) is 0 Å². The number of hydrazine groups is 1. The van der Waals surface area contributed by atoms with E-state index >= 15 is 0 Å². The zero-order chi connectivity index (χ0) is 19.2. The maximum atomic E-state index is 12.6. The lowest BCUT2D eigenvalue weighted by molar-refractivity contribution is 0.0943. The molecule has 0 bridgehead atoms. The molecule has 1 aliphatic rings. The molecule has 1 fully saturated rings. The molecular formula is C17H26N4O3S2. The number of nitrogens with zero attached hydrogens (tertiary/aromatic N) is 1. The summed E-state index contributed by atoms with van der Waals surface area (Å²) >= 11 is 5.09. The monoisotopic (exact) mass is 398 g/mol. The van der Waals surface area contributed by atoms with E-state index in [2.05, 4.69) is 30.0 Å². The summed E-state index contributed by atoms with van der Waals surface area (Å²) in [5.74, 6) is 0.108. The third kappa shape index (κ3) is 5.65. The predicted molar refractivity (Wildman–Crippen MR) is 105 cm³/mol. The summed E-state index contributed by atoms with van der Waals surface area (Å²) in [5, 5.41) is 3.32. The van der Waals surface area contributed by atoms with Crippen LogP contribution < -0.4 is 16.2 Å². The zero-order valence-electron chi connectivity index (χ0n) is 15.1. The molecule has 1 aromatic carbocycles. The van der Waals surface area contributed by atoms with E-state index in [9.17, 15) is 13.2 Å². The SMILES string of the molecule is CC(C)CCNC(=S)NNC(=O)c1cccc(S(=O)(=O)N2CCCC2)c1. The second kappa shape index (κ2) is 9.29. The molecule has 1 aromatic rings. The minimum absolute atomic E-state index is 0.129. The van der Waals surface area contributed by atoms with E-state index in [1.807, 2.05) is 0 Å². The second-order valence-electron chi connectivity index (χ2n) is 6.66. The van der Waals surface area contributed by atoms with Crippen LogP contribution in [0.2, 0.25) is 0 Å². The van der Waals surface area contributed by atoms with Crippen LogP contribution in [0.4, 0.5) is 0 Å². The summed E-state index contributed by atoms with van der Waals surface area (Å²) in [6.45, 7) is 5.99. The maximum absolute atomic E-state index is 12.6. The van der Waals surface area contributed by atoms with Gasteiger partial charge >= 0.3 is 0 Å². The van der Waals surface area contributed by atoms with Gasteiger partial charge in [0.1, 0.15) is 0 Å². The van der Waals surface area contributed by atoms with Gasteiger partial charge in [0.2, 0.25) is 10.0 Å². The molecule has 3 N–H and O–H groups in total. The summed E-state index contributed by atoms with van der Waals surface area (Å²) in [6.07, 6.45) is 2.70. The highest BCUT2D eigenvalue weighted by molar-refractivity contribution is 7.89. The van der Waals surface area contributed by atoms with Gasteiger partial charge in [-0.05, 0) is 55.6 Å². The lowest BCUT2D eigenvalue weighted by atomic mass is 10.1. The van der Waals surface area contributed by atoms with Crippen molar-refractivity contribution in [3.8, 4) is 0 Å². The third-order valence-electron chi connectivity index (χ3n) is 4.10. The Morgan fingerprint density at radius 1 is 1.23 bits per heavy atom. The lowest BCUT2D eigenvalue weighted by Gasteiger charge is -2.16. The molecule has 1 heterocycles. The van der Waals surface area contributed by atoms with Gasteiger partial charge in [-0.1, -0.05) is 19.9 Å².